The van der Waals surface area contributed by atoms with E-state index in [0.717, 1.165) is 22.0 Å². The van der Waals surface area contributed by atoms with Gasteiger partial charge in [-0.05, 0) is 55.8 Å². The highest BCUT2D eigenvalue weighted by molar-refractivity contribution is 6.31. The van der Waals surface area contributed by atoms with E-state index in [0.29, 0.717) is 5.56 Å². The lowest BCUT2D eigenvalue weighted by Gasteiger charge is -2.25. The second-order valence-corrected chi connectivity index (χ2v) is 6.16. The third-order valence-corrected chi connectivity index (χ3v) is 4.35. The van der Waals surface area contributed by atoms with Crippen LogP contribution < -0.4 is 5.32 Å². The molecule has 2 aromatic rings. The predicted octanol–water partition coefficient (Wildman–Crippen LogP) is 2.88. The van der Waals surface area contributed by atoms with Crippen molar-refractivity contribution < 1.29 is 18.8 Å². The first kappa shape index (κ1) is 18.3. The molecule has 1 aliphatic rings. The van der Waals surface area contributed by atoms with E-state index in [-0.39, 0.29) is 17.9 Å². The van der Waals surface area contributed by atoms with Gasteiger partial charge < -0.3 is 4.57 Å². The number of urea groups is 1. The highest BCUT2D eigenvalue weighted by atomic mass is 19.1. The SMILES string of the molecule is C=CCN1C(=O)NC(=O)C(=Cc2cc(C)n(-c3ccc(F)cc3)c2C)C1=O. The van der Waals surface area contributed by atoms with Crippen molar-refractivity contribution >= 4 is 23.9 Å². The number of nitrogens with zero attached hydrogens (tertiary/aromatic N) is 2. The molecular weight excluding hydrogens is 349 g/mol. The van der Waals surface area contributed by atoms with E-state index in [9.17, 15) is 18.8 Å². The number of amides is 4. The number of carbonyl (C=O) groups is 3. The molecule has 0 radical (unpaired) electrons. The summed E-state index contributed by atoms with van der Waals surface area (Å²) in [5.41, 5.74) is 2.92. The van der Waals surface area contributed by atoms with Crippen molar-refractivity contribution in [3.05, 3.63) is 71.3 Å². The first-order chi connectivity index (χ1) is 12.8. The van der Waals surface area contributed by atoms with Gasteiger partial charge in [0.05, 0.1) is 0 Å². The summed E-state index contributed by atoms with van der Waals surface area (Å²) >= 11 is 0. The Morgan fingerprint density at radius 3 is 2.44 bits per heavy atom. The lowest BCUT2D eigenvalue weighted by atomic mass is 10.1. The number of hydrogen-bond acceptors (Lipinski definition) is 3. The Hall–Kier alpha value is -3.48. The minimum absolute atomic E-state index is 0.00386. The molecule has 2 heterocycles. The molecule has 1 saturated heterocycles. The van der Waals surface area contributed by atoms with Gasteiger partial charge >= 0.3 is 6.03 Å². The highest BCUT2D eigenvalue weighted by Crippen LogP contribution is 2.24. The van der Waals surface area contributed by atoms with Crippen molar-refractivity contribution in [2.24, 2.45) is 0 Å². The number of hydrogen-bond donors (Lipinski definition) is 1. The van der Waals surface area contributed by atoms with Gasteiger partial charge in [0.1, 0.15) is 11.4 Å². The quantitative estimate of drug-likeness (QED) is 0.513. The Kier molecular flexibility index (Phi) is 4.77. The van der Waals surface area contributed by atoms with Crippen LogP contribution in [0.3, 0.4) is 0 Å². The van der Waals surface area contributed by atoms with Crippen LogP contribution in [0.2, 0.25) is 0 Å². The Morgan fingerprint density at radius 2 is 1.81 bits per heavy atom. The maximum Gasteiger partial charge on any atom is 0.331 e. The minimum Gasteiger partial charge on any atom is -0.318 e. The van der Waals surface area contributed by atoms with Crippen LogP contribution in [0.1, 0.15) is 17.0 Å². The third kappa shape index (κ3) is 3.31. The summed E-state index contributed by atoms with van der Waals surface area (Å²) in [4.78, 5) is 37.4. The van der Waals surface area contributed by atoms with Gasteiger partial charge in [0, 0.05) is 23.6 Å². The summed E-state index contributed by atoms with van der Waals surface area (Å²) in [6.45, 7) is 7.22. The van der Waals surface area contributed by atoms with Crippen LogP contribution in [0, 0.1) is 19.7 Å². The molecule has 0 unspecified atom stereocenters. The van der Waals surface area contributed by atoms with Crippen LogP contribution in [0.5, 0.6) is 0 Å². The summed E-state index contributed by atoms with van der Waals surface area (Å²) in [5, 5.41) is 2.16. The zero-order valence-electron chi connectivity index (χ0n) is 15.0. The number of imide groups is 2. The van der Waals surface area contributed by atoms with Crippen molar-refractivity contribution in [1.82, 2.24) is 14.8 Å². The number of nitrogens with one attached hydrogen (secondary N) is 1. The Morgan fingerprint density at radius 1 is 1.15 bits per heavy atom. The Bertz CT molecular complexity index is 987. The van der Waals surface area contributed by atoms with E-state index in [1.807, 2.05) is 24.5 Å². The zero-order chi connectivity index (χ0) is 19.7. The number of aromatic nitrogens is 1. The average Bonchev–Trinajstić information content (AvgIpc) is 2.90. The molecule has 6 nitrogen and oxygen atoms in total. The smallest absolute Gasteiger partial charge is 0.318 e. The zero-order valence-corrected chi connectivity index (χ0v) is 15.0. The number of barbiturate groups is 1. The molecule has 0 atom stereocenters. The summed E-state index contributed by atoms with van der Waals surface area (Å²) in [6.07, 6.45) is 2.87. The molecular formula is C20H18FN3O3. The summed E-state index contributed by atoms with van der Waals surface area (Å²) in [5.74, 6) is -1.74. The monoisotopic (exact) mass is 367 g/mol. The first-order valence-corrected chi connectivity index (χ1v) is 8.28. The predicted molar refractivity (Wildman–Crippen MR) is 98.6 cm³/mol. The average molecular weight is 367 g/mol. The standard InChI is InChI=1S/C20H18FN3O3/c1-4-9-23-19(26)17(18(25)22-20(23)27)11-14-10-12(2)24(13(14)3)16-7-5-15(21)6-8-16/h4-8,10-11H,1,9H2,2-3H3,(H,22,25,27). The molecule has 0 bridgehead atoms. The van der Waals surface area contributed by atoms with E-state index in [1.54, 1.807) is 12.1 Å². The molecule has 138 valence electrons. The normalized spacial score (nSPS) is 16.0. The number of rotatable bonds is 4. The van der Waals surface area contributed by atoms with Crippen LogP contribution in [0.4, 0.5) is 9.18 Å². The molecule has 0 saturated carbocycles. The van der Waals surface area contributed by atoms with Gasteiger partial charge in [0.15, 0.2) is 0 Å². The molecule has 1 aromatic carbocycles. The van der Waals surface area contributed by atoms with Crippen LogP contribution in [0.25, 0.3) is 11.8 Å². The van der Waals surface area contributed by atoms with Gasteiger partial charge in [0.2, 0.25) is 0 Å². The van der Waals surface area contributed by atoms with Crippen molar-refractivity contribution in [2.45, 2.75) is 13.8 Å². The maximum atomic E-state index is 13.2. The van der Waals surface area contributed by atoms with Crippen molar-refractivity contribution in [3.63, 3.8) is 0 Å². The van der Waals surface area contributed by atoms with E-state index < -0.39 is 17.8 Å². The summed E-state index contributed by atoms with van der Waals surface area (Å²) in [7, 11) is 0. The van der Waals surface area contributed by atoms with Crippen molar-refractivity contribution in [1.29, 1.82) is 0 Å². The van der Waals surface area contributed by atoms with Gasteiger partial charge in [0.25, 0.3) is 11.8 Å². The van der Waals surface area contributed by atoms with Crippen LogP contribution in [0.15, 0.2) is 48.6 Å². The van der Waals surface area contributed by atoms with Crippen LogP contribution in [-0.4, -0.2) is 33.9 Å². The van der Waals surface area contributed by atoms with E-state index >= 15 is 0 Å². The Balaban J connectivity index is 2.04. The molecule has 27 heavy (non-hydrogen) atoms. The molecule has 1 fully saturated rings. The molecule has 3 rings (SSSR count). The van der Waals surface area contributed by atoms with Gasteiger partial charge in [-0.3, -0.25) is 19.8 Å². The fourth-order valence-electron chi connectivity index (χ4n) is 3.07. The van der Waals surface area contributed by atoms with Gasteiger partial charge in [-0.2, -0.15) is 0 Å². The fourth-order valence-corrected chi connectivity index (χ4v) is 3.07. The summed E-state index contributed by atoms with van der Waals surface area (Å²) in [6, 6.07) is 7.08. The van der Waals surface area contributed by atoms with Gasteiger partial charge in [-0.15, -0.1) is 6.58 Å². The molecule has 0 aliphatic carbocycles. The number of benzene rings is 1. The molecule has 1 aromatic heterocycles. The van der Waals surface area contributed by atoms with E-state index in [2.05, 4.69) is 11.9 Å². The number of carbonyl (C=O) groups excluding carboxylic acids is 3. The van der Waals surface area contributed by atoms with E-state index in [1.165, 1.54) is 24.3 Å². The molecule has 1 N–H and O–H groups in total. The van der Waals surface area contributed by atoms with E-state index in [4.69, 9.17) is 0 Å². The molecule has 1 aliphatic heterocycles. The van der Waals surface area contributed by atoms with Gasteiger partial charge in [-0.25, -0.2) is 9.18 Å². The minimum atomic E-state index is -0.765. The molecule has 7 heteroatoms. The Labute approximate surface area is 155 Å². The van der Waals surface area contributed by atoms with Crippen molar-refractivity contribution in [3.8, 4) is 5.69 Å². The van der Waals surface area contributed by atoms with Gasteiger partial charge in [-0.1, -0.05) is 6.08 Å². The first-order valence-electron chi connectivity index (χ1n) is 8.28. The topological polar surface area (TPSA) is 71.4 Å². The lowest BCUT2D eigenvalue weighted by Crippen LogP contribution is -2.54. The highest BCUT2D eigenvalue weighted by Gasteiger charge is 2.35. The second-order valence-electron chi connectivity index (χ2n) is 6.16. The third-order valence-electron chi connectivity index (χ3n) is 4.35. The van der Waals surface area contributed by atoms with Crippen LogP contribution in [-0.2, 0) is 9.59 Å². The van der Waals surface area contributed by atoms with Crippen molar-refractivity contribution in [2.75, 3.05) is 6.54 Å². The number of aryl methyl sites for hydroxylation is 1. The van der Waals surface area contributed by atoms with Crippen LogP contribution >= 0.6 is 0 Å². The number of halogens is 1. The summed E-state index contributed by atoms with van der Waals surface area (Å²) < 4.78 is 15.1. The maximum absolute atomic E-state index is 13.2. The lowest BCUT2D eigenvalue weighted by molar-refractivity contribution is -0.129. The fraction of sp³-hybridized carbons (Fsp3) is 0.150. The second kappa shape index (κ2) is 7.03. The molecule has 4 amide bonds. The largest absolute Gasteiger partial charge is 0.331 e. The molecule has 0 spiro atoms.